The third-order valence-corrected chi connectivity index (χ3v) is 4.72. The van der Waals surface area contributed by atoms with Crippen molar-refractivity contribution in [2.75, 3.05) is 23.3 Å². The minimum Gasteiger partial charge on any atom is -0.336 e. The molecule has 0 atom stereocenters. The van der Waals surface area contributed by atoms with Crippen LogP contribution in [-0.4, -0.2) is 30.0 Å². The van der Waals surface area contributed by atoms with Gasteiger partial charge in [0.05, 0.1) is 17.8 Å². The highest BCUT2D eigenvalue weighted by atomic mass is 79.9. The molecule has 3 amide bonds. The molecule has 0 spiro atoms. The van der Waals surface area contributed by atoms with Crippen LogP contribution in [0.5, 0.6) is 0 Å². The van der Waals surface area contributed by atoms with Crippen molar-refractivity contribution in [3.05, 3.63) is 39.8 Å². The highest BCUT2D eigenvalue weighted by molar-refractivity contribution is 9.10. The number of para-hydroxylation sites is 1. The van der Waals surface area contributed by atoms with Gasteiger partial charge in [-0.25, -0.2) is 9.78 Å². The van der Waals surface area contributed by atoms with Crippen LogP contribution in [0.15, 0.2) is 34.1 Å². The summed E-state index contributed by atoms with van der Waals surface area (Å²) in [6.45, 7) is 1.23. The fraction of sp³-hybridized carbons (Fsp3) is 0.214. The minimum absolute atomic E-state index is 0.140. The van der Waals surface area contributed by atoms with E-state index in [1.807, 2.05) is 24.3 Å². The average molecular weight is 381 g/mol. The molecule has 0 bridgehead atoms. The second kappa shape index (κ2) is 6.45. The van der Waals surface area contributed by atoms with Crippen molar-refractivity contribution in [1.29, 1.82) is 0 Å². The van der Waals surface area contributed by atoms with Gasteiger partial charge in [0.1, 0.15) is 0 Å². The number of amides is 3. The van der Waals surface area contributed by atoms with E-state index in [9.17, 15) is 9.59 Å². The minimum atomic E-state index is -0.144. The number of carbonyl (C=O) groups is 2. The Morgan fingerprint density at radius 2 is 2.27 bits per heavy atom. The maximum Gasteiger partial charge on any atom is 0.323 e. The fourth-order valence-corrected chi connectivity index (χ4v) is 3.31. The number of nitrogens with zero attached hydrogens (tertiary/aromatic N) is 2. The first kappa shape index (κ1) is 15.0. The predicted molar refractivity (Wildman–Crippen MR) is 89.3 cm³/mol. The molecule has 0 saturated carbocycles. The monoisotopic (exact) mass is 380 g/mol. The van der Waals surface area contributed by atoms with E-state index < -0.39 is 0 Å². The summed E-state index contributed by atoms with van der Waals surface area (Å²) in [6.07, 6.45) is 0.174. The molecule has 8 heteroatoms. The quantitative estimate of drug-likeness (QED) is 0.855. The molecule has 6 nitrogen and oxygen atoms in total. The van der Waals surface area contributed by atoms with Gasteiger partial charge >= 0.3 is 6.03 Å². The van der Waals surface area contributed by atoms with Gasteiger partial charge in [-0.15, -0.1) is 11.3 Å². The second-order valence-electron chi connectivity index (χ2n) is 4.71. The fourth-order valence-electron chi connectivity index (χ4n) is 2.08. The van der Waals surface area contributed by atoms with E-state index in [1.54, 1.807) is 10.3 Å². The maximum absolute atomic E-state index is 12.1. The van der Waals surface area contributed by atoms with Gasteiger partial charge in [-0.1, -0.05) is 12.1 Å². The molecule has 1 aliphatic heterocycles. The zero-order valence-electron chi connectivity index (χ0n) is 11.5. The Labute approximate surface area is 139 Å². The summed E-state index contributed by atoms with van der Waals surface area (Å²) in [4.78, 5) is 29.6. The number of nitrogens with one attached hydrogen (secondary N) is 2. The molecule has 1 aromatic carbocycles. The lowest BCUT2D eigenvalue weighted by atomic mass is 10.3. The number of urea groups is 1. The summed E-state index contributed by atoms with van der Waals surface area (Å²) in [5.74, 6) is -0.144. The summed E-state index contributed by atoms with van der Waals surface area (Å²) in [5.41, 5.74) is 1.38. The van der Waals surface area contributed by atoms with Gasteiger partial charge in [0, 0.05) is 22.9 Å². The third-order valence-electron chi connectivity index (χ3n) is 3.12. The Morgan fingerprint density at radius 3 is 3.00 bits per heavy atom. The van der Waals surface area contributed by atoms with E-state index in [0.717, 1.165) is 10.2 Å². The molecular weight excluding hydrogens is 368 g/mol. The molecule has 0 radical (unpaired) electrons. The van der Waals surface area contributed by atoms with Crippen molar-refractivity contribution in [2.24, 2.45) is 0 Å². The average Bonchev–Trinajstić information content (AvgIpc) is 3.10. The Morgan fingerprint density at radius 1 is 1.45 bits per heavy atom. The summed E-state index contributed by atoms with van der Waals surface area (Å²) in [7, 11) is 0. The van der Waals surface area contributed by atoms with E-state index in [2.05, 4.69) is 31.5 Å². The van der Waals surface area contributed by atoms with E-state index in [1.165, 1.54) is 11.3 Å². The van der Waals surface area contributed by atoms with Crippen LogP contribution in [0.2, 0.25) is 0 Å². The topological polar surface area (TPSA) is 74.3 Å². The van der Waals surface area contributed by atoms with Crippen molar-refractivity contribution >= 4 is 50.0 Å². The number of hydrogen-bond donors (Lipinski definition) is 2. The van der Waals surface area contributed by atoms with Crippen LogP contribution < -0.4 is 15.5 Å². The van der Waals surface area contributed by atoms with E-state index >= 15 is 0 Å². The van der Waals surface area contributed by atoms with Gasteiger partial charge in [0.2, 0.25) is 5.91 Å². The van der Waals surface area contributed by atoms with E-state index in [-0.39, 0.29) is 18.4 Å². The van der Waals surface area contributed by atoms with Gasteiger partial charge in [-0.05, 0) is 28.1 Å². The first-order valence-electron chi connectivity index (χ1n) is 6.67. The van der Waals surface area contributed by atoms with Gasteiger partial charge in [-0.2, -0.15) is 0 Å². The van der Waals surface area contributed by atoms with Crippen LogP contribution in [0.1, 0.15) is 5.69 Å². The maximum atomic E-state index is 12.1. The summed E-state index contributed by atoms with van der Waals surface area (Å²) < 4.78 is 0.830. The molecule has 0 aliphatic carbocycles. The van der Waals surface area contributed by atoms with Gasteiger partial charge in [0.15, 0.2) is 5.13 Å². The smallest absolute Gasteiger partial charge is 0.323 e. The molecule has 0 unspecified atom stereocenters. The molecule has 3 rings (SSSR count). The number of rotatable bonds is 4. The van der Waals surface area contributed by atoms with Gasteiger partial charge in [0.25, 0.3) is 0 Å². The van der Waals surface area contributed by atoms with Crippen molar-refractivity contribution in [3.8, 4) is 0 Å². The molecule has 2 N–H and O–H groups in total. The molecule has 1 aromatic heterocycles. The Balaban J connectivity index is 1.64. The van der Waals surface area contributed by atoms with Crippen molar-refractivity contribution in [3.63, 3.8) is 0 Å². The normalized spacial score (nSPS) is 14.0. The number of halogens is 1. The van der Waals surface area contributed by atoms with E-state index in [4.69, 9.17) is 0 Å². The summed E-state index contributed by atoms with van der Waals surface area (Å²) >= 11 is 4.75. The lowest BCUT2D eigenvalue weighted by Crippen LogP contribution is -2.27. The Kier molecular flexibility index (Phi) is 4.39. The number of hydrogen-bond acceptors (Lipinski definition) is 4. The zero-order chi connectivity index (χ0) is 15.5. The van der Waals surface area contributed by atoms with Crippen molar-refractivity contribution in [2.45, 2.75) is 6.42 Å². The standard InChI is InChI=1S/C14H13BrN4O2S/c15-10-3-1-2-4-11(10)18-12(20)7-9-8-22-14(17-9)19-6-5-16-13(19)21/h1-4,8H,5-7H2,(H,16,21)(H,18,20). The highest BCUT2D eigenvalue weighted by Crippen LogP contribution is 2.24. The van der Waals surface area contributed by atoms with Crippen LogP contribution in [-0.2, 0) is 11.2 Å². The van der Waals surface area contributed by atoms with E-state index in [0.29, 0.717) is 23.9 Å². The predicted octanol–water partition coefficient (Wildman–Crippen LogP) is 2.62. The number of thiazole rings is 1. The second-order valence-corrected chi connectivity index (χ2v) is 6.40. The number of carbonyl (C=O) groups excluding carboxylic acids is 2. The summed E-state index contributed by atoms with van der Waals surface area (Å²) in [5, 5.41) is 7.99. The molecule has 1 fully saturated rings. The first-order valence-corrected chi connectivity index (χ1v) is 8.35. The molecule has 1 saturated heterocycles. The largest absolute Gasteiger partial charge is 0.336 e. The number of aromatic nitrogens is 1. The summed E-state index contributed by atoms with van der Waals surface area (Å²) in [6, 6.07) is 7.28. The lowest BCUT2D eigenvalue weighted by Gasteiger charge is -2.08. The van der Waals surface area contributed by atoms with Crippen LogP contribution >= 0.6 is 27.3 Å². The third kappa shape index (κ3) is 3.28. The first-order chi connectivity index (χ1) is 10.6. The Bertz CT molecular complexity index is 718. The number of anilines is 2. The Hall–Kier alpha value is -1.93. The zero-order valence-corrected chi connectivity index (χ0v) is 13.9. The van der Waals surface area contributed by atoms with Crippen molar-refractivity contribution < 1.29 is 9.59 Å². The lowest BCUT2D eigenvalue weighted by molar-refractivity contribution is -0.115. The number of benzene rings is 1. The highest BCUT2D eigenvalue weighted by Gasteiger charge is 2.24. The molecule has 2 heterocycles. The van der Waals surface area contributed by atoms with Crippen LogP contribution in [0, 0.1) is 0 Å². The van der Waals surface area contributed by atoms with Gasteiger partial charge in [-0.3, -0.25) is 9.69 Å². The van der Waals surface area contributed by atoms with Crippen LogP contribution in [0.3, 0.4) is 0 Å². The van der Waals surface area contributed by atoms with Gasteiger partial charge < -0.3 is 10.6 Å². The molecule has 1 aliphatic rings. The van der Waals surface area contributed by atoms with Crippen LogP contribution in [0.25, 0.3) is 0 Å². The molecule has 114 valence electrons. The van der Waals surface area contributed by atoms with Crippen molar-refractivity contribution in [1.82, 2.24) is 10.3 Å². The van der Waals surface area contributed by atoms with Crippen LogP contribution in [0.4, 0.5) is 15.6 Å². The molecular formula is C14H13BrN4O2S. The SMILES string of the molecule is O=C(Cc1csc(N2CCNC2=O)n1)Nc1ccccc1Br. The molecule has 2 aromatic rings. The molecule has 22 heavy (non-hydrogen) atoms.